The van der Waals surface area contributed by atoms with Crippen LogP contribution in [-0.4, -0.2) is 5.16 Å². The van der Waals surface area contributed by atoms with Crippen LogP contribution in [0.4, 0.5) is 0 Å². The third-order valence-electron chi connectivity index (χ3n) is 1.90. The van der Waals surface area contributed by atoms with Crippen LogP contribution in [0.2, 0.25) is 0 Å². The summed E-state index contributed by atoms with van der Waals surface area (Å²) in [4.78, 5) is 0. The second-order valence-electron chi connectivity index (χ2n) is 3.57. The Balaban J connectivity index is 2.94. The van der Waals surface area contributed by atoms with E-state index in [2.05, 4.69) is 41.8 Å². The van der Waals surface area contributed by atoms with Crippen LogP contribution in [0.3, 0.4) is 0 Å². The van der Waals surface area contributed by atoms with Crippen LogP contribution < -0.4 is 0 Å². The number of hydrogen-bond acceptors (Lipinski definition) is 0. The summed E-state index contributed by atoms with van der Waals surface area (Å²) < 4.78 is 0. The average molecular weight is 178 g/mol. The van der Waals surface area contributed by atoms with Crippen molar-refractivity contribution < 1.29 is 0 Å². The van der Waals surface area contributed by atoms with Crippen molar-refractivity contribution >= 4 is 14.8 Å². The van der Waals surface area contributed by atoms with Gasteiger partial charge in [0.1, 0.15) is 0 Å². The molecule has 0 saturated carbocycles. The van der Waals surface area contributed by atoms with Crippen LogP contribution in [0.25, 0.3) is 5.57 Å². The van der Waals surface area contributed by atoms with Gasteiger partial charge in [0.2, 0.25) is 0 Å². The van der Waals surface area contributed by atoms with Crippen LogP contribution in [-0.2, 0) is 0 Å². The maximum absolute atomic E-state index is 4.08. The first-order valence-corrected chi connectivity index (χ1v) is 4.63. The largest absolute Gasteiger partial charge is 0.127 e. The Labute approximate surface area is 76.9 Å². The van der Waals surface area contributed by atoms with Crippen molar-refractivity contribution in [2.24, 2.45) is 0 Å². The molecule has 1 aromatic rings. The fourth-order valence-electron chi connectivity index (χ4n) is 1.01. The van der Waals surface area contributed by atoms with Gasteiger partial charge in [0.05, 0.1) is 0 Å². The lowest BCUT2D eigenvalue weighted by Gasteiger charge is -2.21. The molecule has 1 unspecified atom stereocenters. The van der Waals surface area contributed by atoms with Gasteiger partial charge in [-0.15, -0.1) is 9.24 Å². The van der Waals surface area contributed by atoms with Gasteiger partial charge in [-0.1, -0.05) is 50.8 Å². The van der Waals surface area contributed by atoms with Crippen LogP contribution in [0.1, 0.15) is 19.4 Å². The minimum atomic E-state index is 0.0847. The third-order valence-corrected chi connectivity index (χ3v) is 2.25. The van der Waals surface area contributed by atoms with Crippen molar-refractivity contribution in [1.82, 2.24) is 0 Å². The van der Waals surface area contributed by atoms with E-state index in [1.165, 1.54) is 5.56 Å². The average Bonchev–Trinajstić information content (AvgIpc) is 2.03. The summed E-state index contributed by atoms with van der Waals surface area (Å²) in [6.07, 6.45) is 0. The predicted octanol–water partition coefficient (Wildman–Crippen LogP) is 3.35. The second-order valence-corrected chi connectivity index (χ2v) is 5.01. The second kappa shape index (κ2) is 3.41. The van der Waals surface area contributed by atoms with Crippen molar-refractivity contribution in [2.45, 2.75) is 19.0 Å². The minimum absolute atomic E-state index is 0.0847. The van der Waals surface area contributed by atoms with Gasteiger partial charge >= 0.3 is 0 Å². The minimum Gasteiger partial charge on any atom is -0.127 e. The van der Waals surface area contributed by atoms with Crippen molar-refractivity contribution in [3.05, 3.63) is 42.5 Å². The van der Waals surface area contributed by atoms with Crippen molar-refractivity contribution in [3.63, 3.8) is 0 Å². The lowest BCUT2D eigenvalue weighted by atomic mass is 9.96. The third kappa shape index (κ3) is 2.19. The summed E-state index contributed by atoms with van der Waals surface area (Å²) in [7, 11) is 2.80. The first-order chi connectivity index (χ1) is 5.52. The molecule has 1 atom stereocenters. The zero-order valence-electron chi connectivity index (χ0n) is 7.67. The normalized spacial score (nSPS) is 11.2. The Kier molecular flexibility index (Phi) is 2.69. The molecule has 0 radical (unpaired) electrons. The molecule has 0 amide bonds. The topological polar surface area (TPSA) is 0 Å². The zero-order valence-corrected chi connectivity index (χ0v) is 8.83. The molecule has 1 rings (SSSR count). The molecule has 0 aliphatic rings. The SMILES string of the molecule is C=C(c1ccccc1)C(C)(C)P. The van der Waals surface area contributed by atoms with Crippen molar-refractivity contribution in [1.29, 1.82) is 0 Å². The quantitative estimate of drug-likeness (QED) is 0.609. The molecule has 0 saturated heterocycles. The highest BCUT2D eigenvalue weighted by atomic mass is 31.0. The Bertz CT molecular complexity index is 267. The van der Waals surface area contributed by atoms with E-state index in [1.807, 2.05) is 18.2 Å². The summed E-state index contributed by atoms with van der Waals surface area (Å²) in [5.74, 6) is 0. The lowest BCUT2D eigenvalue weighted by Crippen LogP contribution is -2.10. The monoisotopic (exact) mass is 178 g/mol. The van der Waals surface area contributed by atoms with E-state index < -0.39 is 0 Å². The first-order valence-electron chi connectivity index (χ1n) is 4.05. The molecule has 64 valence electrons. The molecular formula is C11H15P. The molecule has 0 aromatic heterocycles. The van der Waals surface area contributed by atoms with E-state index in [0.717, 1.165) is 5.57 Å². The van der Waals surface area contributed by atoms with Gasteiger partial charge < -0.3 is 0 Å². The van der Waals surface area contributed by atoms with Crippen LogP contribution in [0.15, 0.2) is 36.9 Å². The molecule has 1 aromatic carbocycles. The maximum Gasteiger partial charge on any atom is 0.00413 e. The van der Waals surface area contributed by atoms with Crippen LogP contribution in [0.5, 0.6) is 0 Å². The molecule has 0 aliphatic carbocycles. The Hall–Kier alpha value is -0.610. The summed E-state index contributed by atoms with van der Waals surface area (Å²) in [5.41, 5.74) is 2.38. The molecule has 0 fully saturated rings. The van der Waals surface area contributed by atoms with Gasteiger partial charge in [-0.3, -0.25) is 0 Å². The van der Waals surface area contributed by atoms with E-state index >= 15 is 0 Å². The Morgan fingerprint density at radius 3 is 2.17 bits per heavy atom. The lowest BCUT2D eigenvalue weighted by molar-refractivity contribution is 0.925. The number of allylic oxidation sites excluding steroid dienone is 1. The Morgan fingerprint density at radius 1 is 1.25 bits per heavy atom. The van der Waals surface area contributed by atoms with Crippen molar-refractivity contribution in [3.8, 4) is 0 Å². The molecule has 12 heavy (non-hydrogen) atoms. The standard InChI is InChI=1S/C11H15P/c1-9(11(2,3)12)10-7-5-4-6-8-10/h4-8H,1,12H2,2-3H3. The van der Waals surface area contributed by atoms with E-state index in [4.69, 9.17) is 0 Å². The number of rotatable bonds is 2. The molecule has 0 nitrogen and oxygen atoms in total. The fourth-order valence-corrected chi connectivity index (χ4v) is 1.18. The summed E-state index contributed by atoms with van der Waals surface area (Å²) >= 11 is 0. The van der Waals surface area contributed by atoms with Crippen LogP contribution in [0, 0.1) is 0 Å². The van der Waals surface area contributed by atoms with Gasteiger partial charge in [0.15, 0.2) is 0 Å². The van der Waals surface area contributed by atoms with E-state index in [9.17, 15) is 0 Å². The van der Waals surface area contributed by atoms with Crippen LogP contribution >= 0.6 is 9.24 Å². The van der Waals surface area contributed by atoms with Gasteiger partial charge in [-0.2, -0.15) is 0 Å². The van der Waals surface area contributed by atoms with E-state index in [-0.39, 0.29) is 5.16 Å². The van der Waals surface area contributed by atoms with Crippen molar-refractivity contribution in [2.75, 3.05) is 0 Å². The number of benzene rings is 1. The smallest absolute Gasteiger partial charge is 0.00413 e. The summed E-state index contributed by atoms with van der Waals surface area (Å²) in [5, 5.41) is 0.0847. The van der Waals surface area contributed by atoms with Gasteiger partial charge in [-0.25, -0.2) is 0 Å². The highest BCUT2D eigenvalue weighted by molar-refractivity contribution is 7.20. The molecule has 0 heterocycles. The van der Waals surface area contributed by atoms with E-state index in [1.54, 1.807) is 0 Å². The highest BCUT2D eigenvalue weighted by Gasteiger charge is 2.15. The fraction of sp³-hybridized carbons (Fsp3) is 0.273. The molecule has 1 heteroatoms. The van der Waals surface area contributed by atoms with Gasteiger partial charge in [0, 0.05) is 5.16 Å². The molecular weight excluding hydrogens is 163 g/mol. The van der Waals surface area contributed by atoms with Gasteiger partial charge in [0.25, 0.3) is 0 Å². The maximum atomic E-state index is 4.08. The number of hydrogen-bond donors (Lipinski definition) is 0. The molecule has 0 spiro atoms. The summed E-state index contributed by atoms with van der Waals surface area (Å²) in [6.45, 7) is 8.37. The first kappa shape index (κ1) is 9.48. The zero-order chi connectivity index (χ0) is 9.19. The van der Waals surface area contributed by atoms with E-state index in [0.29, 0.717) is 0 Å². The van der Waals surface area contributed by atoms with Gasteiger partial charge in [-0.05, 0) is 11.1 Å². The summed E-state index contributed by atoms with van der Waals surface area (Å²) in [6, 6.07) is 10.3. The highest BCUT2D eigenvalue weighted by Crippen LogP contribution is 2.32. The molecule has 0 bridgehead atoms. The molecule has 0 N–H and O–H groups in total. The Morgan fingerprint density at radius 2 is 1.75 bits per heavy atom. The predicted molar refractivity (Wildman–Crippen MR) is 59.3 cm³/mol. The molecule has 0 aliphatic heterocycles.